The molecule has 16 heavy (non-hydrogen) atoms. The van der Waals surface area contributed by atoms with Crippen LogP contribution in [0.15, 0.2) is 18.2 Å². The fourth-order valence-electron chi connectivity index (χ4n) is 1.92. The molecule has 0 radical (unpaired) electrons. The van der Waals surface area contributed by atoms with Gasteiger partial charge in [-0.15, -0.1) is 0 Å². The average Bonchev–Trinajstić information content (AvgIpc) is 3.00. The van der Waals surface area contributed by atoms with Crippen LogP contribution in [0.4, 0.5) is 0 Å². The minimum Gasteiger partial charge on any atom is -0.508 e. The summed E-state index contributed by atoms with van der Waals surface area (Å²) in [5.74, 6) is 0.848. The molecule has 0 saturated heterocycles. The fourth-order valence-corrected chi connectivity index (χ4v) is 1.92. The molecule has 0 aliphatic heterocycles. The lowest BCUT2D eigenvalue weighted by atomic mass is 10.1. The summed E-state index contributed by atoms with van der Waals surface area (Å²) >= 11 is 0. The molecule has 2 N–H and O–H groups in total. The number of hydrogen-bond acceptors (Lipinski definition) is 2. The Morgan fingerprint density at radius 1 is 1.56 bits per heavy atom. The highest BCUT2D eigenvalue weighted by Gasteiger charge is 2.36. The summed E-state index contributed by atoms with van der Waals surface area (Å²) in [6.45, 7) is 3.93. The summed E-state index contributed by atoms with van der Waals surface area (Å²) in [6.07, 6.45) is 2.22. The van der Waals surface area contributed by atoms with Crippen LogP contribution in [-0.4, -0.2) is 17.1 Å². The zero-order chi connectivity index (χ0) is 11.7. The number of carbonyl (C=O) groups excluding carboxylic acids is 1. The summed E-state index contributed by atoms with van der Waals surface area (Å²) < 4.78 is 0. The maximum atomic E-state index is 11.8. The van der Waals surface area contributed by atoms with Crippen molar-refractivity contribution in [2.75, 3.05) is 0 Å². The van der Waals surface area contributed by atoms with Gasteiger partial charge in [0, 0.05) is 11.6 Å². The molecule has 3 nitrogen and oxygen atoms in total. The first-order chi connectivity index (χ1) is 7.61. The van der Waals surface area contributed by atoms with Gasteiger partial charge in [0.2, 0.25) is 0 Å². The van der Waals surface area contributed by atoms with Crippen LogP contribution in [-0.2, 0) is 0 Å². The zero-order valence-electron chi connectivity index (χ0n) is 9.66. The van der Waals surface area contributed by atoms with Gasteiger partial charge in [-0.3, -0.25) is 4.79 Å². The van der Waals surface area contributed by atoms with Crippen molar-refractivity contribution in [1.29, 1.82) is 0 Å². The Morgan fingerprint density at radius 3 is 2.88 bits per heavy atom. The van der Waals surface area contributed by atoms with Gasteiger partial charge in [-0.05, 0) is 43.0 Å². The second kappa shape index (κ2) is 4.16. The molecule has 2 rings (SSSR count). The Morgan fingerprint density at radius 2 is 2.31 bits per heavy atom. The van der Waals surface area contributed by atoms with Crippen LogP contribution >= 0.6 is 0 Å². The zero-order valence-corrected chi connectivity index (χ0v) is 9.66. The van der Waals surface area contributed by atoms with Crippen molar-refractivity contribution < 1.29 is 9.90 Å². The molecule has 1 aromatic rings. The van der Waals surface area contributed by atoms with Crippen LogP contribution < -0.4 is 5.32 Å². The molecular formula is C13H17NO2. The van der Waals surface area contributed by atoms with Crippen LogP contribution in [0.1, 0.15) is 35.7 Å². The molecule has 0 aromatic heterocycles. The summed E-state index contributed by atoms with van der Waals surface area (Å²) in [7, 11) is 0. The van der Waals surface area contributed by atoms with Crippen molar-refractivity contribution >= 4 is 5.91 Å². The lowest BCUT2D eigenvalue weighted by Gasteiger charge is -2.06. The van der Waals surface area contributed by atoms with Gasteiger partial charge in [0.15, 0.2) is 0 Å². The molecule has 1 aromatic carbocycles. The second-order valence-electron chi connectivity index (χ2n) is 4.49. The molecule has 1 aliphatic rings. The second-order valence-corrected chi connectivity index (χ2v) is 4.49. The molecule has 1 saturated carbocycles. The summed E-state index contributed by atoms with van der Waals surface area (Å²) in [4.78, 5) is 11.8. The molecule has 86 valence electrons. The van der Waals surface area contributed by atoms with Crippen molar-refractivity contribution in [2.45, 2.75) is 32.7 Å². The number of nitrogens with one attached hydrogen (secondary N) is 1. The number of hydrogen-bond donors (Lipinski definition) is 2. The van der Waals surface area contributed by atoms with Gasteiger partial charge in [0.1, 0.15) is 5.75 Å². The maximum absolute atomic E-state index is 11.8. The molecule has 2 unspecified atom stereocenters. The van der Waals surface area contributed by atoms with Gasteiger partial charge in [0.25, 0.3) is 5.91 Å². The number of aryl methyl sites for hydroxylation is 1. The SMILES string of the molecule is CCC1CC1NC(=O)c1ccc(O)c(C)c1. The molecule has 1 amide bonds. The molecule has 1 fully saturated rings. The molecular weight excluding hydrogens is 202 g/mol. The number of phenols is 1. The Labute approximate surface area is 95.5 Å². The highest BCUT2D eigenvalue weighted by molar-refractivity contribution is 5.95. The van der Waals surface area contributed by atoms with Crippen LogP contribution in [0.2, 0.25) is 0 Å². The van der Waals surface area contributed by atoms with Crippen molar-refractivity contribution in [3.63, 3.8) is 0 Å². The predicted octanol–water partition coefficient (Wildman–Crippen LogP) is 2.23. The third kappa shape index (κ3) is 2.18. The monoisotopic (exact) mass is 219 g/mol. The number of phenolic OH excluding ortho intramolecular Hbond substituents is 1. The molecule has 0 spiro atoms. The molecule has 0 heterocycles. The topological polar surface area (TPSA) is 49.3 Å². The third-order valence-corrected chi connectivity index (χ3v) is 3.22. The van der Waals surface area contributed by atoms with E-state index in [-0.39, 0.29) is 11.7 Å². The van der Waals surface area contributed by atoms with E-state index in [2.05, 4.69) is 12.2 Å². The van der Waals surface area contributed by atoms with Crippen LogP contribution in [0.3, 0.4) is 0 Å². The highest BCUT2D eigenvalue weighted by Crippen LogP contribution is 2.33. The van der Waals surface area contributed by atoms with Crippen LogP contribution in [0, 0.1) is 12.8 Å². The lowest BCUT2D eigenvalue weighted by molar-refractivity contribution is 0.0949. The standard InChI is InChI=1S/C13H17NO2/c1-3-9-7-11(9)14-13(16)10-4-5-12(15)8(2)6-10/h4-6,9,11,15H,3,7H2,1-2H3,(H,14,16). The minimum absolute atomic E-state index is 0.0379. The Balaban J connectivity index is 2.01. The number of carbonyl (C=O) groups is 1. The third-order valence-electron chi connectivity index (χ3n) is 3.22. The quantitative estimate of drug-likeness (QED) is 0.819. The van der Waals surface area contributed by atoms with Crippen molar-refractivity contribution in [3.8, 4) is 5.75 Å². The first-order valence-corrected chi connectivity index (χ1v) is 5.72. The first-order valence-electron chi connectivity index (χ1n) is 5.72. The normalized spacial score (nSPS) is 22.9. The van der Waals surface area contributed by atoms with E-state index < -0.39 is 0 Å². The number of rotatable bonds is 3. The van der Waals surface area contributed by atoms with Crippen molar-refractivity contribution in [3.05, 3.63) is 29.3 Å². The van der Waals surface area contributed by atoms with Crippen LogP contribution in [0.25, 0.3) is 0 Å². The number of benzene rings is 1. The number of aromatic hydroxyl groups is 1. The summed E-state index contributed by atoms with van der Waals surface area (Å²) in [5, 5.41) is 12.4. The molecule has 2 atom stereocenters. The van der Waals surface area contributed by atoms with Gasteiger partial charge < -0.3 is 10.4 Å². The molecule has 3 heteroatoms. The van der Waals surface area contributed by atoms with Crippen LogP contribution in [0.5, 0.6) is 5.75 Å². The smallest absolute Gasteiger partial charge is 0.251 e. The van der Waals surface area contributed by atoms with E-state index in [1.54, 1.807) is 25.1 Å². The van der Waals surface area contributed by atoms with Gasteiger partial charge >= 0.3 is 0 Å². The van der Waals surface area contributed by atoms with E-state index in [0.717, 1.165) is 18.4 Å². The maximum Gasteiger partial charge on any atom is 0.251 e. The van der Waals surface area contributed by atoms with Crippen molar-refractivity contribution in [2.24, 2.45) is 5.92 Å². The van der Waals surface area contributed by atoms with Gasteiger partial charge in [0.05, 0.1) is 0 Å². The van der Waals surface area contributed by atoms with E-state index in [1.807, 2.05) is 0 Å². The highest BCUT2D eigenvalue weighted by atomic mass is 16.3. The molecule has 1 aliphatic carbocycles. The van der Waals surface area contributed by atoms with E-state index in [0.29, 0.717) is 17.5 Å². The summed E-state index contributed by atoms with van der Waals surface area (Å²) in [5.41, 5.74) is 1.35. The van der Waals surface area contributed by atoms with Gasteiger partial charge in [-0.25, -0.2) is 0 Å². The number of amides is 1. The average molecular weight is 219 g/mol. The Bertz CT molecular complexity index is 414. The summed E-state index contributed by atoms with van der Waals surface area (Å²) in [6, 6.07) is 5.29. The lowest BCUT2D eigenvalue weighted by Crippen LogP contribution is -2.26. The largest absolute Gasteiger partial charge is 0.508 e. The van der Waals surface area contributed by atoms with E-state index in [1.165, 1.54) is 0 Å². The fraction of sp³-hybridized carbons (Fsp3) is 0.462. The minimum atomic E-state index is -0.0379. The van der Waals surface area contributed by atoms with Crippen molar-refractivity contribution in [1.82, 2.24) is 5.32 Å². The van der Waals surface area contributed by atoms with E-state index in [4.69, 9.17) is 0 Å². The predicted molar refractivity (Wildman–Crippen MR) is 62.5 cm³/mol. The van der Waals surface area contributed by atoms with E-state index in [9.17, 15) is 9.90 Å². The van der Waals surface area contributed by atoms with Gasteiger partial charge in [-0.1, -0.05) is 13.3 Å². The Kier molecular flexibility index (Phi) is 2.86. The van der Waals surface area contributed by atoms with Gasteiger partial charge in [-0.2, -0.15) is 0 Å². The molecule has 0 bridgehead atoms. The first kappa shape index (κ1) is 11.0. The van der Waals surface area contributed by atoms with E-state index >= 15 is 0 Å². The Hall–Kier alpha value is -1.51.